The van der Waals surface area contributed by atoms with Crippen LogP contribution in [0.25, 0.3) is 0 Å². The summed E-state index contributed by atoms with van der Waals surface area (Å²) in [4.78, 5) is 10.3. The topological polar surface area (TPSA) is 81.1 Å². The average molecular weight is 190 g/mol. The Morgan fingerprint density at radius 2 is 2.42 bits per heavy atom. The number of hydrogen-bond donors (Lipinski definition) is 2. The van der Waals surface area contributed by atoms with Crippen molar-refractivity contribution in [3.63, 3.8) is 0 Å². The van der Waals surface area contributed by atoms with Gasteiger partial charge in [0, 0.05) is 7.05 Å². The van der Waals surface area contributed by atoms with Gasteiger partial charge in [0.2, 0.25) is 0 Å². The van der Waals surface area contributed by atoms with Gasteiger partial charge >= 0.3 is 5.97 Å². The number of halogens is 1. The van der Waals surface area contributed by atoms with Crippen molar-refractivity contribution >= 4 is 23.4 Å². The minimum Gasteiger partial charge on any atom is -0.481 e. The molecule has 0 fully saturated rings. The van der Waals surface area contributed by atoms with Crippen molar-refractivity contribution in [3.05, 3.63) is 10.7 Å². The Bertz CT molecular complexity index is 321. The number of aromatic nitrogens is 2. The Balaban J connectivity index is 3.05. The maximum Gasteiger partial charge on any atom is 0.309 e. The summed E-state index contributed by atoms with van der Waals surface area (Å²) in [7, 11) is 1.60. The molecule has 66 valence electrons. The SMILES string of the molecule is Cn1nc(N)c(Cl)c1CC(=O)O. The lowest BCUT2D eigenvalue weighted by molar-refractivity contribution is -0.136. The highest BCUT2D eigenvalue weighted by molar-refractivity contribution is 6.33. The predicted octanol–water partition coefficient (Wildman–Crippen LogP) is 0.283. The van der Waals surface area contributed by atoms with Gasteiger partial charge in [-0.2, -0.15) is 5.10 Å². The van der Waals surface area contributed by atoms with Gasteiger partial charge in [-0.25, -0.2) is 0 Å². The Morgan fingerprint density at radius 3 is 2.75 bits per heavy atom. The molecule has 6 heteroatoms. The quantitative estimate of drug-likeness (QED) is 0.701. The number of carboxylic acid groups (broad SMARTS) is 1. The second kappa shape index (κ2) is 3.02. The summed E-state index contributed by atoms with van der Waals surface area (Å²) in [6.45, 7) is 0. The zero-order valence-corrected chi connectivity index (χ0v) is 7.17. The summed E-state index contributed by atoms with van der Waals surface area (Å²) < 4.78 is 1.37. The molecule has 3 N–H and O–H groups in total. The van der Waals surface area contributed by atoms with E-state index in [-0.39, 0.29) is 17.3 Å². The van der Waals surface area contributed by atoms with Gasteiger partial charge in [-0.3, -0.25) is 9.48 Å². The number of carboxylic acids is 1. The fraction of sp³-hybridized carbons (Fsp3) is 0.333. The number of aryl methyl sites for hydroxylation is 1. The van der Waals surface area contributed by atoms with Crippen LogP contribution >= 0.6 is 11.6 Å². The molecule has 1 aromatic rings. The van der Waals surface area contributed by atoms with Crippen LogP contribution in [0.1, 0.15) is 5.69 Å². The first-order chi connectivity index (χ1) is 5.52. The average Bonchev–Trinajstić information content (AvgIpc) is 2.16. The minimum absolute atomic E-state index is 0.162. The van der Waals surface area contributed by atoms with Crippen molar-refractivity contribution in [3.8, 4) is 0 Å². The maximum absolute atomic E-state index is 10.3. The van der Waals surface area contributed by atoms with Gasteiger partial charge < -0.3 is 10.8 Å². The molecule has 0 amide bonds. The van der Waals surface area contributed by atoms with Gasteiger partial charge in [0.05, 0.1) is 12.1 Å². The molecule has 12 heavy (non-hydrogen) atoms. The van der Waals surface area contributed by atoms with Crippen LogP contribution < -0.4 is 5.73 Å². The molecule has 0 saturated carbocycles. The second-order valence-electron chi connectivity index (χ2n) is 2.34. The molecule has 0 atom stereocenters. The van der Waals surface area contributed by atoms with E-state index in [1.165, 1.54) is 4.68 Å². The maximum atomic E-state index is 10.3. The molecule has 0 aliphatic rings. The van der Waals surface area contributed by atoms with Crippen molar-refractivity contribution in [2.45, 2.75) is 6.42 Å². The van der Waals surface area contributed by atoms with Crippen LogP contribution in [0.5, 0.6) is 0 Å². The summed E-state index contributed by atoms with van der Waals surface area (Å²) >= 11 is 5.69. The van der Waals surface area contributed by atoms with Crippen molar-refractivity contribution in [2.24, 2.45) is 7.05 Å². The fourth-order valence-corrected chi connectivity index (χ4v) is 1.12. The fourth-order valence-electron chi connectivity index (χ4n) is 0.891. The molecule has 1 rings (SSSR count). The number of nitrogen functional groups attached to an aromatic ring is 1. The first-order valence-electron chi connectivity index (χ1n) is 3.21. The number of nitrogens with zero attached hydrogens (tertiary/aromatic N) is 2. The summed E-state index contributed by atoms with van der Waals surface area (Å²) in [6.07, 6.45) is -0.167. The third kappa shape index (κ3) is 1.50. The number of rotatable bonds is 2. The Hall–Kier alpha value is -1.23. The monoisotopic (exact) mass is 189 g/mol. The highest BCUT2D eigenvalue weighted by Crippen LogP contribution is 2.22. The van der Waals surface area contributed by atoms with E-state index in [9.17, 15) is 4.79 Å². The molecule has 0 radical (unpaired) electrons. The molecule has 0 aliphatic carbocycles. The van der Waals surface area contributed by atoms with Crippen LogP contribution in [0.4, 0.5) is 5.82 Å². The molecule has 0 bridgehead atoms. The van der Waals surface area contributed by atoms with Gasteiger partial charge in [0.25, 0.3) is 0 Å². The van der Waals surface area contributed by atoms with Crippen molar-refractivity contribution in [1.82, 2.24) is 9.78 Å². The van der Waals surface area contributed by atoms with Gasteiger partial charge in [-0.05, 0) is 0 Å². The molecular weight excluding hydrogens is 182 g/mol. The van der Waals surface area contributed by atoms with E-state index in [1.54, 1.807) is 7.05 Å². The van der Waals surface area contributed by atoms with Crippen LogP contribution in [0, 0.1) is 0 Å². The summed E-state index contributed by atoms with van der Waals surface area (Å²) in [6, 6.07) is 0. The van der Waals surface area contributed by atoms with Gasteiger partial charge in [0.1, 0.15) is 5.02 Å². The molecule has 0 saturated heterocycles. The standard InChI is InChI=1S/C6H8ClN3O2/c1-10-3(2-4(11)12)5(7)6(8)9-10/h2H2,1H3,(H2,8,9)(H,11,12). The van der Waals surface area contributed by atoms with E-state index in [4.69, 9.17) is 22.4 Å². The second-order valence-corrected chi connectivity index (χ2v) is 2.72. The van der Waals surface area contributed by atoms with Crippen LogP contribution in [0.15, 0.2) is 0 Å². The van der Waals surface area contributed by atoms with Crippen molar-refractivity contribution in [1.29, 1.82) is 0 Å². The lowest BCUT2D eigenvalue weighted by Gasteiger charge is -1.96. The lowest BCUT2D eigenvalue weighted by Crippen LogP contribution is -2.06. The van der Waals surface area contributed by atoms with Crippen LogP contribution in [0.3, 0.4) is 0 Å². The summed E-state index contributed by atoms with van der Waals surface area (Å²) in [5, 5.41) is 12.5. The number of nitrogens with two attached hydrogens (primary N) is 1. The molecule has 0 spiro atoms. The largest absolute Gasteiger partial charge is 0.481 e. The third-order valence-electron chi connectivity index (χ3n) is 1.45. The summed E-state index contributed by atoms with van der Waals surface area (Å²) in [5.41, 5.74) is 5.78. The van der Waals surface area contributed by atoms with Crippen LogP contribution in [-0.2, 0) is 18.3 Å². The van der Waals surface area contributed by atoms with E-state index in [1.807, 2.05) is 0 Å². The van der Waals surface area contributed by atoms with E-state index >= 15 is 0 Å². The molecule has 0 aliphatic heterocycles. The number of carbonyl (C=O) groups is 1. The minimum atomic E-state index is -0.958. The van der Waals surface area contributed by atoms with E-state index in [0.717, 1.165) is 0 Å². The molecule has 5 nitrogen and oxygen atoms in total. The van der Waals surface area contributed by atoms with E-state index in [0.29, 0.717) is 5.69 Å². The Labute approximate surface area is 73.7 Å². The molecule has 1 heterocycles. The molecular formula is C6H8ClN3O2. The zero-order chi connectivity index (χ0) is 9.30. The van der Waals surface area contributed by atoms with E-state index in [2.05, 4.69) is 5.10 Å². The Morgan fingerprint density at radius 1 is 1.83 bits per heavy atom. The van der Waals surface area contributed by atoms with Crippen LogP contribution in [-0.4, -0.2) is 20.9 Å². The summed E-state index contributed by atoms with van der Waals surface area (Å²) in [5.74, 6) is -0.796. The lowest BCUT2D eigenvalue weighted by atomic mass is 10.3. The predicted molar refractivity (Wildman–Crippen MR) is 44.0 cm³/mol. The molecule has 0 unspecified atom stereocenters. The van der Waals surface area contributed by atoms with Gasteiger partial charge in [-0.1, -0.05) is 11.6 Å². The number of anilines is 1. The number of hydrogen-bond acceptors (Lipinski definition) is 3. The van der Waals surface area contributed by atoms with Crippen molar-refractivity contribution < 1.29 is 9.90 Å². The first kappa shape index (κ1) is 8.86. The van der Waals surface area contributed by atoms with Crippen molar-refractivity contribution in [2.75, 3.05) is 5.73 Å². The smallest absolute Gasteiger partial charge is 0.309 e. The Kier molecular flexibility index (Phi) is 2.23. The highest BCUT2D eigenvalue weighted by atomic mass is 35.5. The van der Waals surface area contributed by atoms with Gasteiger partial charge in [0.15, 0.2) is 5.82 Å². The third-order valence-corrected chi connectivity index (χ3v) is 1.86. The molecule has 0 aromatic carbocycles. The highest BCUT2D eigenvalue weighted by Gasteiger charge is 2.14. The normalized spacial score (nSPS) is 10.2. The van der Waals surface area contributed by atoms with Gasteiger partial charge in [-0.15, -0.1) is 0 Å². The first-order valence-corrected chi connectivity index (χ1v) is 3.58. The zero-order valence-electron chi connectivity index (χ0n) is 6.41. The van der Waals surface area contributed by atoms with Crippen LogP contribution in [0.2, 0.25) is 5.02 Å². The van der Waals surface area contributed by atoms with E-state index < -0.39 is 5.97 Å². The molecule has 1 aromatic heterocycles. The number of aliphatic carboxylic acids is 1.